The SMILES string of the molecule is COc1ccc(NC(=O)[C@H](OC(=O)c2ccc3c(c2)OCO3)c2ccccc2)cc1. The number of carbonyl (C=O) groups is 2. The molecule has 3 aromatic carbocycles. The molecule has 7 nitrogen and oxygen atoms in total. The molecule has 1 amide bonds. The topological polar surface area (TPSA) is 83.1 Å². The molecule has 0 bridgehead atoms. The maximum absolute atomic E-state index is 13.0. The van der Waals surface area contributed by atoms with Crippen molar-refractivity contribution in [3.8, 4) is 17.2 Å². The zero-order valence-corrected chi connectivity index (χ0v) is 16.2. The molecule has 0 saturated heterocycles. The van der Waals surface area contributed by atoms with Crippen molar-refractivity contribution in [2.45, 2.75) is 6.10 Å². The average Bonchev–Trinajstić information content (AvgIpc) is 3.26. The molecule has 0 aliphatic carbocycles. The Morgan fingerprint density at radius 2 is 1.67 bits per heavy atom. The van der Waals surface area contributed by atoms with Crippen molar-refractivity contribution in [2.24, 2.45) is 0 Å². The number of rotatable bonds is 6. The minimum absolute atomic E-state index is 0.102. The van der Waals surface area contributed by atoms with Gasteiger partial charge in [0, 0.05) is 11.3 Å². The Bertz CT molecular complexity index is 1050. The van der Waals surface area contributed by atoms with Crippen LogP contribution in [0.5, 0.6) is 17.2 Å². The molecular weight excluding hydrogens is 386 g/mol. The monoisotopic (exact) mass is 405 g/mol. The van der Waals surface area contributed by atoms with Gasteiger partial charge < -0.3 is 24.3 Å². The van der Waals surface area contributed by atoms with Gasteiger partial charge in [-0.25, -0.2) is 4.79 Å². The summed E-state index contributed by atoms with van der Waals surface area (Å²) in [6.07, 6.45) is -1.13. The second-order valence-corrected chi connectivity index (χ2v) is 6.48. The summed E-state index contributed by atoms with van der Waals surface area (Å²) in [7, 11) is 1.56. The first-order valence-corrected chi connectivity index (χ1v) is 9.24. The molecule has 0 fully saturated rings. The van der Waals surface area contributed by atoms with E-state index < -0.39 is 18.0 Å². The number of ether oxygens (including phenoxy) is 4. The maximum Gasteiger partial charge on any atom is 0.339 e. The summed E-state index contributed by atoms with van der Waals surface area (Å²) >= 11 is 0. The number of nitrogens with one attached hydrogen (secondary N) is 1. The van der Waals surface area contributed by atoms with Crippen molar-refractivity contribution in [3.63, 3.8) is 0 Å². The molecule has 1 aliphatic heterocycles. The van der Waals surface area contributed by atoms with Crippen LogP contribution < -0.4 is 19.5 Å². The standard InChI is InChI=1S/C23H19NO6/c1-27-18-10-8-17(9-11-18)24-22(25)21(15-5-3-2-4-6-15)30-23(26)16-7-12-19-20(13-16)29-14-28-19/h2-13,21H,14H2,1H3,(H,24,25)/t21-/m1/s1. The molecule has 7 heteroatoms. The van der Waals surface area contributed by atoms with Crippen LogP contribution in [0.1, 0.15) is 22.0 Å². The Kier molecular flexibility index (Phi) is 5.52. The molecule has 0 saturated carbocycles. The van der Waals surface area contributed by atoms with Crippen molar-refractivity contribution in [1.29, 1.82) is 0 Å². The zero-order chi connectivity index (χ0) is 20.9. The van der Waals surface area contributed by atoms with Gasteiger partial charge in [-0.1, -0.05) is 30.3 Å². The Labute approximate surface area is 173 Å². The lowest BCUT2D eigenvalue weighted by molar-refractivity contribution is -0.125. The van der Waals surface area contributed by atoms with Crippen LogP contribution in [0, 0.1) is 0 Å². The highest BCUT2D eigenvalue weighted by molar-refractivity contribution is 5.98. The fourth-order valence-electron chi connectivity index (χ4n) is 2.98. The second-order valence-electron chi connectivity index (χ2n) is 6.48. The molecular formula is C23H19NO6. The van der Waals surface area contributed by atoms with Crippen molar-refractivity contribution in [3.05, 3.63) is 83.9 Å². The van der Waals surface area contributed by atoms with Crippen molar-refractivity contribution >= 4 is 17.6 Å². The lowest BCUT2D eigenvalue weighted by atomic mass is 10.1. The normalized spacial score (nSPS) is 12.7. The third-order valence-corrected chi connectivity index (χ3v) is 4.53. The van der Waals surface area contributed by atoms with E-state index in [-0.39, 0.29) is 12.4 Å². The summed E-state index contributed by atoms with van der Waals surface area (Å²) in [5.41, 5.74) is 1.37. The molecule has 1 N–H and O–H groups in total. The molecule has 4 rings (SSSR count). The van der Waals surface area contributed by atoms with E-state index in [0.29, 0.717) is 28.5 Å². The molecule has 1 heterocycles. The van der Waals surface area contributed by atoms with E-state index in [9.17, 15) is 9.59 Å². The summed E-state index contributed by atoms with van der Waals surface area (Å²) in [5.74, 6) is 0.571. The molecule has 0 spiro atoms. The minimum atomic E-state index is -1.13. The Morgan fingerprint density at radius 3 is 2.40 bits per heavy atom. The van der Waals surface area contributed by atoms with E-state index in [1.807, 2.05) is 6.07 Å². The molecule has 3 aromatic rings. The quantitative estimate of drug-likeness (QED) is 0.625. The second kappa shape index (κ2) is 8.57. The van der Waals surface area contributed by atoms with E-state index >= 15 is 0 Å². The number of carbonyl (C=O) groups excluding carboxylic acids is 2. The van der Waals surface area contributed by atoms with Gasteiger partial charge in [0.15, 0.2) is 11.5 Å². The molecule has 0 aromatic heterocycles. The summed E-state index contributed by atoms with van der Waals surface area (Å²) in [4.78, 5) is 25.7. The number of fused-ring (bicyclic) bond motifs is 1. The number of esters is 1. The predicted molar refractivity (Wildman–Crippen MR) is 109 cm³/mol. The maximum atomic E-state index is 13.0. The van der Waals surface area contributed by atoms with Crippen molar-refractivity contribution < 1.29 is 28.5 Å². The highest BCUT2D eigenvalue weighted by Gasteiger charge is 2.27. The van der Waals surface area contributed by atoms with Crippen LogP contribution in [0.3, 0.4) is 0 Å². The lowest BCUT2D eigenvalue weighted by Crippen LogP contribution is -2.26. The van der Waals surface area contributed by atoms with Gasteiger partial charge in [0.25, 0.3) is 5.91 Å². The zero-order valence-electron chi connectivity index (χ0n) is 16.2. The predicted octanol–water partition coefficient (Wildman–Crippen LogP) is 3.96. The van der Waals surface area contributed by atoms with Crippen molar-refractivity contribution in [1.82, 2.24) is 0 Å². The number of methoxy groups -OCH3 is 1. The van der Waals surface area contributed by atoms with Crippen LogP contribution in [-0.2, 0) is 9.53 Å². The summed E-state index contributed by atoms with van der Waals surface area (Å²) in [5, 5.41) is 2.77. The smallest absolute Gasteiger partial charge is 0.339 e. The number of hydrogen-bond donors (Lipinski definition) is 1. The van der Waals surface area contributed by atoms with Gasteiger partial charge in [-0.2, -0.15) is 0 Å². The highest BCUT2D eigenvalue weighted by atomic mass is 16.7. The van der Waals surface area contributed by atoms with Crippen LogP contribution in [0.4, 0.5) is 5.69 Å². The van der Waals surface area contributed by atoms with E-state index in [1.165, 1.54) is 6.07 Å². The van der Waals surface area contributed by atoms with Gasteiger partial charge in [-0.3, -0.25) is 4.79 Å². The fourth-order valence-corrected chi connectivity index (χ4v) is 2.98. The minimum Gasteiger partial charge on any atom is -0.497 e. The van der Waals surface area contributed by atoms with E-state index in [0.717, 1.165) is 0 Å². The first-order valence-electron chi connectivity index (χ1n) is 9.24. The third-order valence-electron chi connectivity index (χ3n) is 4.53. The number of benzene rings is 3. The average molecular weight is 405 g/mol. The van der Waals surface area contributed by atoms with Gasteiger partial charge in [0.2, 0.25) is 12.9 Å². The van der Waals surface area contributed by atoms with Crippen LogP contribution >= 0.6 is 0 Å². The summed E-state index contributed by atoms with van der Waals surface area (Å²) < 4.78 is 21.3. The van der Waals surface area contributed by atoms with E-state index in [4.69, 9.17) is 18.9 Å². The molecule has 152 valence electrons. The lowest BCUT2D eigenvalue weighted by Gasteiger charge is -2.18. The Hall–Kier alpha value is -4.00. The van der Waals surface area contributed by atoms with E-state index in [2.05, 4.69) is 5.32 Å². The molecule has 1 atom stereocenters. The van der Waals surface area contributed by atoms with Gasteiger partial charge >= 0.3 is 5.97 Å². The Morgan fingerprint density at radius 1 is 0.933 bits per heavy atom. The Balaban J connectivity index is 1.55. The van der Waals surface area contributed by atoms with Crippen LogP contribution in [-0.4, -0.2) is 25.8 Å². The summed E-state index contributed by atoms with van der Waals surface area (Å²) in [6.45, 7) is 0.102. The van der Waals surface area contributed by atoms with Crippen LogP contribution in [0.2, 0.25) is 0 Å². The summed E-state index contributed by atoms with van der Waals surface area (Å²) in [6, 6.07) is 20.4. The number of anilines is 1. The first-order chi connectivity index (χ1) is 14.6. The van der Waals surface area contributed by atoms with Gasteiger partial charge in [-0.15, -0.1) is 0 Å². The van der Waals surface area contributed by atoms with Gasteiger partial charge in [0.05, 0.1) is 12.7 Å². The largest absolute Gasteiger partial charge is 0.497 e. The number of amides is 1. The van der Waals surface area contributed by atoms with Crippen LogP contribution in [0.25, 0.3) is 0 Å². The first kappa shape index (κ1) is 19.3. The van der Waals surface area contributed by atoms with Gasteiger partial charge in [0.1, 0.15) is 5.75 Å². The molecule has 30 heavy (non-hydrogen) atoms. The van der Waals surface area contributed by atoms with Gasteiger partial charge in [-0.05, 0) is 42.5 Å². The third kappa shape index (κ3) is 4.20. The highest BCUT2D eigenvalue weighted by Crippen LogP contribution is 2.33. The van der Waals surface area contributed by atoms with Crippen LogP contribution in [0.15, 0.2) is 72.8 Å². The van der Waals surface area contributed by atoms with Crippen molar-refractivity contribution in [2.75, 3.05) is 19.2 Å². The molecule has 0 unspecified atom stereocenters. The molecule has 0 radical (unpaired) electrons. The fraction of sp³-hybridized carbons (Fsp3) is 0.130. The molecule has 1 aliphatic rings. The number of hydrogen-bond acceptors (Lipinski definition) is 6. The van der Waals surface area contributed by atoms with E-state index in [1.54, 1.807) is 67.8 Å².